The number of likely N-dealkylation sites (N-methyl/N-ethyl adjacent to an activating group) is 1. The highest BCUT2D eigenvalue weighted by molar-refractivity contribution is 5.77. The zero-order chi connectivity index (χ0) is 11.5. The van der Waals surface area contributed by atoms with Crippen molar-refractivity contribution in [3.63, 3.8) is 0 Å². The average molecular weight is 212 g/mol. The summed E-state index contributed by atoms with van der Waals surface area (Å²) >= 11 is 0. The summed E-state index contributed by atoms with van der Waals surface area (Å²) in [4.78, 5) is 11.3. The largest absolute Gasteiger partial charge is 0.355 e. The third-order valence-corrected chi connectivity index (χ3v) is 3.23. The Morgan fingerprint density at radius 3 is 2.53 bits per heavy atom. The fraction of sp³-hybridized carbons (Fsp3) is 0.917. The molecule has 88 valence electrons. The Morgan fingerprint density at radius 1 is 1.40 bits per heavy atom. The Labute approximate surface area is 93.0 Å². The van der Waals surface area contributed by atoms with Crippen LogP contribution in [0.2, 0.25) is 0 Å². The Kier molecular flexibility index (Phi) is 4.14. The third-order valence-electron chi connectivity index (χ3n) is 3.23. The van der Waals surface area contributed by atoms with Gasteiger partial charge in [-0.2, -0.15) is 0 Å². The van der Waals surface area contributed by atoms with Gasteiger partial charge < -0.3 is 10.6 Å². The van der Waals surface area contributed by atoms with Gasteiger partial charge in [-0.25, -0.2) is 0 Å². The van der Waals surface area contributed by atoms with Crippen molar-refractivity contribution in [3.8, 4) is 0 Å². The summed E-state index contributed by atoms with van der Waals surface area (Å²) in [6.07, 6.45) is 2.42. The van der Waals surface area contributed by atoms with Crippen molar-refractivity contribution >= 4 is 5.91 Å². The van der Waals surface area contributed by atoms with Crippen molar-refractivity contribution in [3.05, 3.63) is 0 Å². The number of hydrogen-bond donors (Lipinski definition) is 2. The van der Waals surface area contributed by atoms with Crippen LogP contribution in [0.3, 0.4) is 0 Å². The zero-order valence-electron chi connectivity index (χ0n) is 10.4. The van der Waals surface area contributed by atoms with Gasteiger partial charge in [0.1, 0.15) is 0 Å². The van der Waals surface area contributed by atoms with Crippen LogP contribution in [0.1, 0.15) is 40.5 Å². The van der Waals surface area contributed by atoms with E-state index in [0.717, 1.165) is 0 Å². The molecule has 3 nitrogen and oxygen atoms in total. The van der Waals surface area contributed by atoms with Gasteiger partial charge in [0.05, 0.1) is 6.54 Å². The molecule has 0 aromatic carbocycles. The predicted octanol–water partition coefficient (Wildman–Crippen LogP) is 1.54. The molecule has 0 spiro atoms. The van der Waals surface area contributed by atoms with Crippen molar-refractivity contribution in [2.75, 3.05) is 13.1 Å². The van der Waals surface area contributed by atoms with Gasteiger partial charge >= 0.3 is 0 Å². The summed E-state index contributed by atoms with van der Waals surface area (Å²) in [5.41, 5.74) is 0.429. The molecule has 2 atom stereocenters. The van der Waals surface area contributed by atoms with Crippen LogP contribution in [0.15, 0.2) is 0 Å². The second-order valence-corrected chi connectivity index (χ2v) is 5.49. The Bertz CT molecular complexity index is 226. The first kappa shape index (κ1) is 12.5. The number of hydrogen-bond acceptors (Lipinski definition) is 2. The molecule has 0 aromatic heterocycles. The molecule has 0 bridgehead atoms. The molecule has 3 heteroatoms. The quantitative estimate of drug-likeness (QED) is 0.742. The minimum absolute atomic E-state index is 0.106. The topological polar surface area (TPSA) is 41.1 Å². The molecule has 15 heavy (non-hydrogen) atoms. The van der Waals surface area contributed by atoms with Crippen molar-refractivity contribution in [1.29, 1.82) is 0 Å². The van der Waals surface area contributed by atoms with Crippen LogP contribution in [-0.4, -0.2) is 25.0 Å². The minimum Gasteiger partial charge on any atom is -0.355 e. The Balaban J connectivity index is 2.31. The molecule has 0 radical (unpaired) electrons. The second-order valence-electron chi connectivity index (χ2n) is 5.49. The molecule has 2 N–H and O–H groups in total. The lowest BCUT2D eigenvalue weighted by atomic mass is 9.91. The summed E-state index contributed by atoms with van der Waals surface area (Å²) in [5, 5.41) is 6.16. The van der Waals surface area contributed by atoms with E-state index in [1.165, 1.54) is 12.8 Å². The van der Waals surface area contributed by atoms with E-state index in [-0.39, 0.29) is 5.91 Å². The van der Waals surface area contributed by atoms with Crippen LogP contribution >= 0.6 is 0 Å². The molecule has 1 saturated carbocycles. The smallest absolute Gasteiger partial charge is 0.233 e. The molecule has 1 aliphatic carbocycles. The minimum atomic E-state index is 0.106. The fourth-order valence-corrected chi connectivity index (χ4v) is 2.65. The van der Waals surface area contributed by atoms with E-state index >= 15 is 0 Å². The second kappa shape index (κ2) is 4.97. The lowest BCUT2D eigenvalue weighted by Crippen LogP contribution is -2.40. The Hall–Kier alpha value is -0.570. The standard InChI is InChI=1S/C12H24N2O/c1-5-13-11(15)8-14-10-7-12(3,4)6-9(10)2/h9-10,14H,5-8H2,1-4H3,(H,13,15). The monoisotopic (exact) mass is 212 g/mol. The van der Waals surface area contributed by atoms with Gasteiger partial charge in [0.15, 0.2) is 0 Å². The molecule has 1 rings (SSSR count). The molecular formula is C12H24N2O. The maximum Gasteiger partial charge on any atom is 0.233 e. The Morgan fingerprint density at radius 2 is 2.07 bits per heavy atom. The van der Waals surface area contributed by atoms with Crippen molar-refractivity contribution in [2.24, 2.45) is 11.3 Å². The highest BCUT2D eigenvalue weighted by Gasteiger charge is 2.36. The van der Waals surface area contributed by atoms with E-state index < -0.39 is 0 Å². The molecule has 1 aliphatic rings. The van der Waals surface area contributed by atoms with Gasteiger partial charge in [-0.3, -0.25) is 4.79 Å². The van der Waals surface area contributed by atoms with E-state index in [2.05, 4.69) is 31.4 Å². The molecule has 0 aromatic rings. The first-order chi connectivity index (χ1) is 6.94. The van der Waals surface area contributed by atoms with Crippen LogP contribution in [0.25, 0.3) is 0 Å². The molecular weight excluding hydrogens is 188 g/mol. The van der Waals surface area contributed by atoms with E-state index in [1.54, 1.807) is 0 Å². The van der Waals surface area contributed by atoms with Crippen LogP contribution in [-0.2, 0) is 4.79 Å². The molecule has 0 saturated heterocycles. The summed E-state index contributed by atoms with van der Waals surface area (Å²) in [7, 11) is 0. The highest BCUT2D eigenvalue weighted by Crippen LogP contribution is 2.40. The lowest BCUT2D eigenvalue weighted by Gasteiger charge is -2.18. The van der Waals surface area contributed by atoms with E-state index in [4.69, 9.17) is 0 Å². The highest BCUT2D eigenvalue weighted by atomic mass is 16.1. The van der Waals surface area contributed by atoms with Gasteiger partial charge in [-0.1, -0.05) is 20.8 Å². The third kappa shape index (κ3) is 3.82. The normalized spacial score (nSPS) is 29.1. The molecule has 0 heterocycles. The number of nitrogens with one attached hydrogen (secondary N) is 2. The van der Waals surface area contributed by atoms with E-state index in [9.17, 15) is 4.79 Å². The summed E-state index contributed by atoms with van der Waals surface area (Å²) in [5.74, 6) is 0.781. The van der Waals surface area contributed by atoms with Crippen molar-refractivity contribution in [1.82, 2.24) is 10.6 Å². The molecule has 0 aliphatic heterocycles. The first-order valence-electron chi connectivity index (χ1n) is 5.94. The molecule has 1 amide bonds. The number of rotatable bonds is 4. The van der Waals surface area contributed by atoms with E-state index in [0.29, 0.717) is 30.5 Å². The van der Waals surface area contributed by atoms with Gasteiger partial charge in [0.2, 0.25) is 5.91 Å². The fourth-order valence-electron chi connectivity index (χ4n) is 2.65. The van der Waals surface area contributed by atoms with Crippen molar-refractivity contribution < 1.29 is 4.79 Å². The van der Waals surface area contributed by atoms with Crippen LogP contribution in [0, 0.1) is 11.3 Å². The van der Waals surface area contributed by atoms with Gasteiger partial charge in [0.25, 0.3) is 0 Å². The van der Waals surface area contributed by atoms with E-state index in [1.807, 2.05) is 6.92 Å². The summed E-state index contributed by atoms with van der Waals surface area (Å²) in [6, 6.07) is 0.502. The molecule has 1 fully saturated rings. The van der Waals surface area contributed by atoms with Gasteiger partial charge in [0, 0.05) is 12.6 Å². The van der Waals surface area contributed by atoms with Crippen LogP contribution in [0.4, 0.5) is 0 Å². The van der Waals surface area contributed by atoms with Gasteiger partial charge in [-0.05, 0) is 31.1 Å². The maximum atomic E-state index is 11.3. The SMILES string of the molecule is CCNC(=O)CNC1CC(C)(C)CC1C. The van der Waals surface area contributed by atoms with Crippen molar-refractivity contribution in [2.45, 2.75) is 46.6 Å². The van der Waals surface area contributed by atoms with Crippen LogP contribution in [0.5, 0.6) is 0 Å². The number of carbonyl (C=O) groups is 1. The predicted molar refractivity (Wildman–Crippen MR) is 62.7 cm³/mol. The molecule has 2 unspecified atom stereocenters. The summed E-state index contributed by atoms with van der Waals surface area (Å²) < 4.78 is 0. The summed E-state index contributed by atoms with van der Waals surface area (Å²) in [6.45, 7) is 9.99. The van der Waals surface area contributed by atoms with Crippen LogP contribution < -0.4 is 10.6 Å². The number of amides is 1. The average Bonchev–Trinajstić information content (AvgIpc) is 2.36. The maximum absolute atomic E-state index is 11.3. The first-order valence-corrected chi connectivity index (χ1v) is 5.94. The van der Waals surface area contributed by atoms with Gasteiger partial charge in [-0.15, -0.1) is 0 Å². The zero-order valence-corrected chi connectivity index (χ0v) is 10.4. The number of carbonyl (C=O) groups excluding carboxylic acids is 1. The lowest BCUT2D eigenvalue weighted by molar-refractivity contribution is -0.120.